The Labute approximate surface area is 104 Å². The minimum atomic E-state index is -0.516. The molecule has 1 heterocycles. The van der Waals surface area contributed by atoms with Crippen LogP contribution in [0.5, 0.6) is 0 Å². The van der Waals surface area contributed by atoms with E-state index in [2.05, 4.69) is 0 Å². The number of likely N-dealkylation sites (tertiary alicyclic amines) is 1. The van der Waals surface area contributed by atoms with E-state index >= 15 is 0 Å². The zero-order valence-corrected chi connectivity index (χ0v) is 9.73. The van der Waals surface area contributed by atoms with E-state index in [9.17, 15) is 14.0 Å². The van der Waals surface area contributed by atoms with Gasteiger partial charge in [-0.25, -0.2) is 4.39 Å². The van der Waals surface area contributed by atoms with Crippen LogP contribution in [-0.2, 0) is 4.79 Å². The van der Waals surface area contributed by atoms with Crippen LogP contribution in [0.1, 0.15) is 16.8 Å². The van der Waals surface area contributed by atoms with Crippen LogP contribution in [0.25, 0.3) is 0 Å². The van der Waals surface area contributed by atoms with Crippen molar-refractivity contribution in [1.29, 1.82) is 0 Å². The third kappa shape index (κ3) is 2.27. The molecule has 1 aromatic carbocycles. The standard InChI is InChI=1S/C12H14FN3O2/c13-8-1-2-10(14)9(5-8)12(18)16-4-3-7(6-16)11(15)17/h1-2,5,7H,3-4,6,14H2,(H2,15,17). The molecule has 0 spiro atoms. The van der Waals surface area contributed by atoms with Gasteiger partial charge in [-0.1, -0.05) is 0 Å². The molecule has 0 radical (unpaired) electrons. The van der Waals surface area contributed by atoms with Crippen molar-refractivity contribution >= 4 is 17.5 Å². The Morgan fingerprint density at radius 2 is 2.11 bits per heavy atom. The van der Waals surface area contributed by atoms with Crippen molar-refractivity contribution in [2.24, 2.45) is 11.7 Å². The fourth-order valence-electron chi connectivity index (χ4n) is 2.06. The number of halogens is 1. The lowest BCUT2D eigenvalue weighted by Crippen LogP contribution is -2.32. The summed E-state index contributed by atoms with van der Waals surface area (Å²) in [6.07, 6.45) is 0.538. The van der Waals surface area contributed by atoms with Gasteiger partial charge in [0, 0.05) is 18.8 Å². The average molecular weight is 251 g/mol. The van der Waals surface area contributed by atoms with Crippen molar-refractivity contribution < 1.29 is 14.0 Å². The Hall–Kier alpha value is -2.11. The number of amides is 2. The van der Waals surface area contributed by atoms with E-state index in [4.69, 9.17) is 11.5 Å². The Morgan fingerprint density at radius 1 is 1.39 bits per heavy atom. The number of primary amides is 1. The fourth-order valence-corrected chi connectivity index (χ4v) is 2.06. The molecule has 1 aliphatic rings. The van der Waals surface area contributed by atoms with Crippen molar-refractivity contribution in [2.75, 3.05) is 18.8 Å². The zero-order valence-electron chi connectivity index (χ0n) is 9.73. The number of hydrogen-bond acceptors (Lipinski definition) is 3. The quantitative estimate of drug-likeness (QED) is 0.743. The summed E-state index contributed by atoms with van der Waals surface area (Å²) in [7, 11) is 0. The average Bonchev–Trinajstić information content (AvgIpc) is 2.81. The van der Waals surface area contributed by atoms with Gasteiger partial charge in [0.1, 0.15) is 5.82 Å². The molecule has 96 valence electrons. The molecule has 0 aliphatic carbocycles. The summed E-state index contributed by atoms with van der Waals surface area (Å²) in [5.41, 5.74) is 11.2. The number of nitrogen functional groups attached to an aromatic ring is 1. The maximum absolute atomic E-state index is 13.1. The molecule has 5 nitrogen and oxygen atoms in total. The summed E-state index contributed by atoms with van der Waals surface area (Å²) < 4.78 is 13.1. The normalized spacial score (nSPS) is 18.9. The summed E-state index contributed by atoms with van der Waals surface area (Å²) >= 11 is 0. The molecular weight excluding hydrogens is 237 g/mol. The molecule has 1 fully saturated rings. The van der Waals surface area contributed by atoms with Crippen molar-refractivity contribution in [3.63, 3.8) is 0 Å². The first kappa shape index (κ1) is 12.3. The van der Waals surface area contributed by atoms with Crippen LogP contribution in [0.2, 0.25) is 0 Å². The molecule has 1 aromatic rings. The van der Waals surface area contributed by atoms with Crippen LogP contribution < -0.4 is 11.5 Å². The lowest BCUT2D eigenvalue weighted by atomic mass is 10.1. The first-order chi connectivity index (χ1) is 8.49. The molecule has 1 unspecified atom stereocenters. The maximum atomic E-state index is 13.1. The van der Waals surface area contributed by atoms with Gasteiger partial charge < -0.3 is 16.4 Å². The van der Waals surface area contributed by atoms with Gasteiger partial charge in [0.05, 0.1) is 11.5 Å². The highest BCUT2D eigenvalue weighted by atomic mass is 19.1. The summed E-state index contributed by atoms with van der Waals surface area (Å²) in [6, 6.07) is 3.65. The van der Waals surface area contributed by atoms with Crippen LogP contribution in [0.15, 0.2) is 18.2 Å². The first-order valence-corrected chi connectivity index (χ1v) is 5.62. The van der Waals surface area contributed by atoms with Crippen LogP contribution in [0.4, 0.5) is 10.1 Å². The van der Waals surface area contributed by atoms with E-state index in [-0.39, 0.29) is 29.6 Å². The number of rotatable bonds is 2. The summed E-state index contributed by atoms with van der Waals surface area (Å²) in [5, 5.41) is 0. The van der Waals surface area contributed by atoms with Crippen LogP contribution in [-0.4, -0.2) is 29.8 Å². The predicted octanol–water partition coefficient (Wildman–Crippen LogP) is 0.355. The minimum Gasteiger partial charge on any atom is -0.398 e. The molecule has 6 heteroatoms. The van der Waals surface area contributed by atoms with E-state index in [0.29, 0.717) is 13.0 Å². The molecular formula is C12H14FN3O2. The highest BCUT2D eigenvalue weighted by Gasteiger charge is 2.30. The molecule has 0 bridgehead atoms. The molecule has 1 atom stereocenters. The Kier molecular flexibility index (Phi) is 3.18. The van der Waals surface area contributed by atoms with Crippen molar-refractivity contribution in [3.8, 4) is 0 Å². The topological polar surface area (TPSA) is 89.4 Å². The second-order valence-electron chi connectivity index (χ2n) is 4.37. The van der Waals surface area contributed by atoms with E-state index in [0.717, 1.165) is 6.07 Å². The monoisotopic (exact) mass is 251 g/mol. The fraction of sp³-hybridized carbons (Fsp3) is 0.333. The lowest BCUT2D eigenvalue weighted by Gasteiger charge is -2.17. The molecule has 1 saturated heterocycles. The van der Waals surface area contributed by atoms with Gasteiger partial charge in [-0.05, 0) is 24.6 Å². The molecule has 0 saturated carbocycles. The summed E-state index contributed by atoms with van der Waals surface area (Å²) in [6.45, 7) is 0.701. The Balaban J connectivity index is 2.17. The number of hydrogen-bond donors (Lipinski definition) is 2. The van der Waals surface area contributed by atoms with Crippen molar-refractivity contribution in [1.82, 2.24) is 4.90 Å². The number of nitrogens with zero attached hydrogens (tertiary/aromatic N) is 1. The molecule has 4 N–H and O–H groups in total. The highest BCUT2D eigenvalue weighted by molar-refractivity contribution is 5.99. The minimum absolute atomic E-state index is 0.125. The number of carbonyl (C=O) groups excluding carboxylic acids is 2. The molecule has 0 aromatic heterocycles. The first-order valence-electron chi connectivity index (χ1n) is 5.62. The van der Waals surface area contributed by atoms with Crippen LogP contribution >= 0.6 is 0 Å². The van der Waals surface area contributed by atoms with E-state index in [1.165, 1.54) is 17.0 Å². The van der Waals surface area contributed by atoms with Crippen molar-refractivity contribution in [3.05, 3.63) is 29.6 Å². The van der Waals surface area contributed by atoms with Gasteiger partial charge in [-0.3, -0.25) is 9.59 Å². The van der Waals surface area contributed by atoms with Gasteiger partial charge >= 0.3 is 0 Å². The van der Waals surface area contributed by atoms with Gasteiger partial charge in [0.2, 0.25) is 5.91 Å². The van der Waals surface area contributed by atoms with E-state index in [1.807, 2.05) is 0 Å². The largest absolute Gasteiger partial charge is 0.398 e. The van der Waals surface area contributed by atoms with Crippen LogP contribution in [0.3, 0.4) is 0 Å². The maximum Gasteiger partial charge on any atom is 0.256 e. The van der Waals surface area contributed by atoms with Crippen LogP contribution in [0, 0.1) is 11.7 Å². The van der Waals surface area contributed by atoms with Gasteiger partial charge in [-0.15, -0.1) is 0 Å². The second-order valence-corrected chi connectivity index (χ2v) is 4.37. The highest BCUT2D eigenvalue weighted by Crippen LogP contribution is 2.21. The van der Waals surface area contributed by atoms with E-state index < -0.39 is 11.7 Å². The molecule has 1 aliphatic heterocycles. The second kappa shape index (κ2) is 4.64. The number of benzene rings is 1. The van der Waals surface area contributed by atoms with E-state index in [1.54, 1.807) is 0 Å². The number of carbonyl (C=O) groups is 2. The SMILES string of the molecule is NC(=O)C1CCN(C(=O)c2cc(F)ccc2N)C1. The molecule has 2 rings (SSSR count). The van der Waals surface area contributed by atoms with Gasteiger partial charge in [0.25, 0.3) is 5.91 Å². The number of nitrogens with two attached hydrogens (primary N) is 2. The van der Waals surface area contributed by atoms with Gasteiger partial charge in [-0.2, -0.15) is 0 Å². The smallest absolute Gasteiger partial charge is 0.256 e. The summed E-state index contributed by atoms with van der Waals surface area (Å²) in [5.74, 6) is -1.63. The Morgan fingerprint density at radius 3 is 2.72 bits per heavy atom. The third-order valence-electron chi connectivity index (χ3n) is 3.12. The Bertz CT molecular complexity index is 504. The summed E-state index contributed by atoms with van der Waals surface area (Å²) in [4.78, 5) is 24.6. The lowest BCUT2D eigenvalue weighted by molar-refractivity contribution is -0.121. The van der Waals surface area contributed by atoms with Crippen molar-refractivity contribution in [2.45, 2.75) is 6.42 Å². The third-order valence-corrected chi connectivity index (χ3v) is 3.12. The molecule has 2 amide bonds. The molecule has 18 heavy (non-hydrogen) atoms. The number of anilines is 1. The zero-order chi connectivity index (χ0) is 13.3. The predicted molar refractivity (Wildman–Crippen MR) is 64.0 cm³/mol. The van der Waals surface area contributed by atoms with Gasteiger partial charge in [0.15, 0.2) is 0 Å².